The van der Waals surface area contributed by atoms with Crippen molar-refractivity contribution in [3.8, 4) is 0 Å². The van der Waals surface area contributed by atoms with E-state index in [4.69, 9.17) is 4.42 Å². The first kappa shape index (κ1) is 11.8. The summed E-state index contributed by atoms with van der Waals surface area (Å²) in [6.45, 7) is 1.66. The summed E-state index contributed by atoms with van der Waals surface area (Å²) in [5, 5.41) is 8.45. The summed E-state index contributed by atoms with van der Waals surface area (Å²) in [5.41, 5.74) is 0.381. The number of carbonyl (C=O) groups excluding carboxylic acids is 2. The number of nitrogens with zero attached hydrogens (tertiary/aromatic N) is 2. The predicted octanol–water partition coefficient (Wildman–Crippen LogP) is 0.745. The number of rotatable bonds is 3. The number of nitrogens with one attached hydrogen (secondary N) is 2. The van der Waals surface area contributed by atoms with Gasteiger partial charge in [-0.15, -0.1) is 5.10 Å². The minimum atomic E-state index is -0.689. The first-order valence-electron chi connectivity index (χ1n) is 4.98. The van der Waals surface area contributed by atoms with E-state index in [1.807, 2.05) is 0 Å². The summed E-state index contributed by atoms with van der Waals surface area (Å²) in [7, 11) is 1.21. The molecule has 0 aliphatic carbocycles. The zero-order valence-corrected chi connectivity index (χ0v) is 9.68. The summed E-state index contributed by atoms with van der Waals surface area (Å²) in [5.74, 6) is -0.710. The van der Waals surface area contributed by atoms with Crippen molar-refractivity contribution in [1.82, 2.24) is 15.2 Å². The zero-order chi connectivity index (χ0) is 13.1. The van der Waals surface area contributed by atoms with Crippen molar-refractivity contribution < 1.29 is 18.7 Å². The van der Waals surface area contributed by atoms with Gasteiger partial charge in [-0.05, 0) is 13.0 Å². The van der Waals surface area contributed by atoms with Crippen molar-refractivity contribution in [2.24, 2.45) is 0 Å². The van der Waals surface area contributed by atoms with Crippen molar-refractivity contribution in [3.05, 3.63) is 29.5 Å². The van der Waals surface area contributed by atoms with E-state index in [0.717, 1.165) is 0 Å². The average Bonchev–Trinajstić information content (AvgIpc) is 2.97. The molecule has 0 aliphatic rings. The van der Waals surface area contributed by atoms with Crippen LogP contribution in [0.25, 0.3) is 0 Å². The number of methoxy groups -OCH3 is 1. The molecule has 2 aromatic heterocycles. The van der Waals surface area contributed by atoms with Crippen LogP contribution in [-0.4, -0.2) is 34.2 Å². The second kappa shape index (κ2) is 4.70. The fourth-order valence-electron chi connectivity index (χ4n) is 1.30. The topological polar surface area (TPSA) is 110 Å². The van der Waals surface area contributed by atoms with Crippen LogP contribution >= 0.6 is 0 Å². The van der Waals surface area contributed by atoms with Gasteiger partial charge in [0.1, 0.15) is 5.76 Å². The molecule has 0 unspecified atom stereocenters. The summed E-state index contributed by atoms with van der Waals surface area (Å²) in [6.07, 6.45) is 1.41. The first-order chi connectivity index (χ1) is 8.61. The van der Waals surface area contributed by atoms with E-state index >= 15 is 0 Å². The van der Waals surface area contributed by atoms with Gasteiger partial charge in [-0.25, -0.2) is 9.89 Å². The molecule has 8 nitrogen and oxygen atoms in total. The number of hydrogen-bond donors (Lipinski definition) is 2. The highest BCUT2D eigenvalue weighted by atomic mass is 16.5. The van der Waals surface area contributed by atoms with E-state index in [-0.39, 0.29) is 11.8 Å². The summed E-state index contributed by atoms with van der Waals surface area (Å²) >= 11 is 0. The van der Waals surface area contributed by atoms with Crippen LogP contribution in [0.2, 0.25) is 0 Å². The molecule has 2 rings (SSSR count). The van der Waals surface area contributed by atoms with Crippen molar-refractivity contribution in [2.75, 3.05) is 12.4 Å². The number of anilines is 1. The van der Waals surface area contributed by atoms with Crippen LogP contribution < -0.4 is 5.32 Å². The quantitative estimate of drug-likeness (QED) is 0.777. The van der Waals surface area contributed by atoms with Crippen LogP contribution in [0.1, 0.15) is 26.7 Å². The third kappa shape index (κ3) is 2.21. The number of furan rings is 1. The Kier molecular flexibility index (Phi) is 3.09. The molecule has 0 atom stereocenters. The second-order valence-corrected chi connectivity index (χ2v) is 3.34. The third-order valence-corrected chi connectivity index (χ3v) is 2.19. The minimum Gasteiger partial charge on any atom is -0.469 e. The lowest BCUT2D eigenvalue weighted by molar-refractivity contribution is 0.0587. The summed E-state index contributed by atoms with van der Waals surface area (Å²) < 4.78 is 9.44. The van der Waals surface area contributed by atoms with Crippen molar-refractivity contribution in [3.63, 3.8) is 0 Å². The lowest BCUT2D eigenvalue weighted by Gasteiger charge is -1.98. The Morgan fingerprint density at radius 1 is 1.50 bits per heavy atom. The Morgan fingerprint density at radius 2 is 2.28 bits per heavy atom. The second-order valence-electron chi connectivity index (χ2n) is 3.34. The van der Waals surface area contributed by atoms with Crippen molar-refractivity contribution in [2.45, 2.75) is 6.92 Å². The van der Waals surface area contributed by atoms with Crippen molar-refractivity contribution in [1.29, 1.82) is 0 Å². The molecule has 94 valence electrons. The molecular weight excluding hydrogens is 240 g/mol. The molecule has 0 spiro atoms. The Balaban J connectivity index is 2.11. The molecule has 0 saturated heterocycles. The fourth-order valence-corrected chi connectivity index (χ4v) is 1.30. The molecular formula is C10H10N4O4. The standard InChI is InChI=1S/C10H10N4O4/c1-5-6(3-4-18-5)8(15)12-10-11-7(13-14-10)9(16)17-2/h3-4H,1-2H3,(H2,11,12,13,14,15). The number of aryl methyl sites for hydroxylation is 1. The van der Waals surface area contributed by atoms with Crippen LogP contribution in [0.4, 0.5) is 5.95 Å². The van der Waals surface area contributed by atoms with Crippen LogP contribution in [-0.2, 0) is 4.74 Å². The molecule has 2 aromatic rings. The molecule has 0 saturated carbocycles. The monoisotopic (exact) mass is 250 g/mol. The normalized spacial score (nSPS) is 10.1. The molecule has 2 heterocycles. The molecule has 8 heteroatoms. The van der Waals surface area contributed by atoms with E-state index in [9.17, 15) is 9.59 Å². The Labute approximate surface area is 101 Å². The predicted molar refractivity (Wildman–Crippen MR) is 59.1 cm³/mol. The van der Waals surface area contributed by atoms with Gasteiger partial charge < -0.3 is 9.15 Å². The number of carbonyl (C=O) groups is 2. The van der Waals surface area contributed by atoms with Crippen molar-refractivity contribution >= 4 is 17.8 Å². The molecule has 0 radical (unpaired) electrons. The van der Waals surface area contributed by atoms with Gasteiger partial charge in [-0.1, -0.05) is 0 Å². The van der Waals surface area contributed by atoms with Crippen LogP contribution in [0.3, 0.4) is 0 Å². The number of H-pyrrole nitrogens is 1. The van der Waals surface area contributed by atoms with Gasteiger partial charge in [0.2, 0.25) is 5.95 Å². The highest BCUT2D eigenvalue weighted by Gasteiger charge is 2.16. The third-order valence-electron chi connectivity index (χ3n) is 2.19. The SMILES string of the molecule is COC(=O)c1n[nH]c(NC(=O)c2ccoc2C)n1. The fraction of sp³-hybridized carbons (Fsp3) is 0.200. The maximum absolute atomic E-state index is 11.8. The van der Waals surface area contributed by atoms with Gasteiger partial charge >= 0.3 is 5.97 Å². The summed E-state index contributed by atoms with van der Waals surface area (Å²) in [6, 6.07) is 1.53. The number of ether oxygens (including phenoxy) is 1. The smallest absolute Gasteiger partial charge is 0.378 e. The maximum Gasteiger partial charge on any atom is 0.378 e. The minimum absolute atomic E-state index is 0.0565. The maximum atomic E-state index is 11.8. The van der Waals surface area contributed by atoms with Gasteiger partial charge in [-0.3, -0.25) is 10.1 Å². The molecule has 1 amide bonds. The molecule has 0 aromatic carbocycles. The summed E-state index contributed by atoms with van der Waals surface area (Å²) in [4.78, 5) is 26.6. The Bertz CT molecular complexity index is 586. The number of aromatic nitrogens is 3. The molecule has 0 fully saturated rings. The molecule has 0 bridgehead atoms. The van der Waals surface area contributed by atoms with Gasteiger partial charge in [0, 0.05) is 0 Å². The Morgan fingerprint density at radius 3 is 2.89 bits per heavy atom. The highest BCUT2D eigenvalue weighted by Crippen LogP contribution is 2.10. The molecule has 18 heavy (non-hydrogen) atoms. The van der Waals surface area contributed by atoms with Gasteiger partial charge in [0.15, 0.2) is 0 Å². The van der Waals surface area contributed by atoms with Gasteiger partial charge in [-0.2, -0.15) is 4.98 Å². The van der Waals surface area contributed by atoms with Crippen LogP contribution in [0.5, 0.6) is 0 Å². The zero-order valence-electron chi connectivity index (χ0n) is 9.68. The van der Waals surface area contributed by atoms with E-state index in [0.29, 0.717) is 11.3 Å². The largest absolute Gasteiger partial charge is 0.469 e. The number of esters is 1. The number of hydrogen-bond acceptors (Lipinski definition) is 6. The highest BCUT2D eigenvalue weighted by molar-refractivity contribution is 6.04. The van der Waals surface area contributed by atoms with E-state index in [1.165, 1.54) is 19.4 Å². The van der Waals surface area contributed by atoms with E-state index in [2.05, 4.69) is 25.2 Å². The van der Waals surface area contributed by atoms with Gasteiger partial charge in [0.25, 0.3) is 11.7 Å². The number of aromatic amines is 1. The number of amides is 1. The lowest BCUT2D eigenvalue weighted by Crippen LogP contribution is -2.13. The van der Waals surface area contributed by atoms with Gasteiger partial charge in [0.05, 0.1) is 18.9 Å². The van der Waals surface area contributed by atoms with Crippen LogP contribution in [0, 0.1) is 6.92 Å². The molecule has 0 aliphatic heterocycles. The van der Waals surface area contributed by atoms with E-state index < -0.39 is 11.9 Å². The van der Waals surface area contributed by atoms with Crippen LogP contribution in [0.15, 0.2) is 16.7 Å². The van der Waals surface area contributed by atoms with E-state index in [1.54, 1.807) is 6.92 Å². The molecule has 2 N–H and O–H groups in total. The lowest BCUT2D eigenvalue weighted by atomic mass is 10.2. The average molecular weight is 250 g/mol. The first-order valence-corrected chi connectivity index (χ1v) is 4.98. The Hall–Kier alpha value is -2.64.